The summed E-state index contributed by atoms with van der Waals surface area (Å²) >= 11 is 0. The molecule has 1 aliphatic rings. The molecule has 0 spiro atoms. The van der Waals surface area contributed by atoms with Crippen LogP contribution in [0.2, 0.25) is 0 Å². The minimum Gasteiger partial charge on any atom is -0.481 e. The molecule has 1 rings (SSSR count). The molecule has 0 aromatic rings. The van der Waals surface area contributed by atoms with Crippen molar-refractivity contribution in [2.24, 2.45) is 5.41 Å². The topological polar surface area (TPSA) is 95.5 Å². The third kappa shape index (κ3) is 5.28. The van der Waals surface area contributed by atoms with Crippen molar-refractivity contribution in [3.63, 3.8) is 0 Å². The van der Waals surface area contributed by atoms with Gasteiger partial charge >= 0.3 is 5.97 Å². The van der Waals surface area contributed by atoms with Crippen LogP contribution in [0.5, 0.6) is 0 Å². The van der Waals surface area contributed by atoms with Crippen LogP contribution < -0.4 is 10.6 Å². The third-order valence-electron chi connectivity index (χ3n) is 3.68. The molecule has 6 heteroatoms. The molecular weight excluding hydrogens is 248 g/mol. The molecule has 1 saturated carbocycles. The van der Waals surface area contributed by atoms with Crippen LogP contribution in [-0.2, 0) is 14.4 Å². The van der Waals surface area contributed by atoms with E-state index in [1.807, 2.05) is 0 Å². The Morgan fingerprint density at radius 1 is 1.11 bits per heavy atom. The normalized spacial score (nSPS) is 16.9. The first-order valence-electron chi connectivity index (χ1n) is 6.66. The first kappa shape index (κ1) is 15.5. The average molecular weight is 270 g/mol. The van der Waals surface area contributed by atoms with Gasteiger partial charge in [0.2, 0.25) is 11.8 Å². The van der Waals surface area contributed by atoms with Crippen LogP contribution in [0.3, 0.4) is 0 Å². The van der Waals surface area contributed by atoms with Gasteiger partial charge in [0.15, 0.2) is 0 Å². The fourth-order valence-corrected chi connectivity index (χ4v) is 2.71. The summed E-state index contributed by atoms with van der Waals surface area (Å²) < 4.78 is 0. The summed E-state index contributed by atoms with van der Waals surface area (Å²) in [6.45, 7) is 0.293. The van der Waals surface area contributed by atoms with E-state index >= 15 is 0 Å². The van der Waals surface area contributed by atoms with Gasteiger partial charge in [0, 0.05) is 26.4 Å². The van der Waals surface area contributed by atoms with Crippen LogP contribution in [0, 0.1) is 5.41 Å². The molecule has 1 fully saturated rings. The SMILES string of the molecule is CNC(=O)CCNC(=O)CC1(CC(=O)O)CCCC1. The lowest BCUT2D eigenvalue weighted by Crippen LogP contribution is -2.34. The molecule has 2 amide bonds. The number of carboxylic acid groups (broad SMARTS) is 1. The Hall–Kier alpha value is -1.59. The van der Waals surface area contributed by atoms with E-state index in [-0.39, 0.29) is 36.5 Å². The highest BCUT2D eigenvalue weighted by molar-refractivity contribution is 5.80. The highest BCUT2D eigenvalue weighted by Gasteiger charge is 2.37. The van der Waals surface area contributed by atoms with Gasteiger partial charge in [0.05, 0.1) is 6.42 Å². The maximum Gasteiger partial charge on any atom is 0.303 e. The molecule has 0 aromatic heterocycles. The minimum absolute atomic E-state index is 0.0515. The lowest BCUT2D eigenvalue weighted by molar-refractivity contribution is -0.140. The van der Waals surface area contributed by atoms with E-state index in [0.717, 1.165) is 25.7 Å². The summed E-state index contributed by atoms with van der Waals surface area (Å²) in [5, 5.41) is 14.1. The Kier molecular flexibility index (Phi) is 5.79. The first-order valence-corrected chi connectivity index (χ1v) is 6.66. The second kappa shape index (κ2) is 7.11. The quantitative estimate of drug-likeness (QED) is 0.633. The first-order chi connectivity index (χ1) is 8.97. The number of aliphatic carboxylic acids is 1. The number of rotatable bonds is 7. The fourth-order valence-electron chi connectivity index (χ4n) is 2.71. The zero-order chi connectivity index (χ0) is 14.3. The van der Waals surface area contributed by atoms with E-state index in [1.165, 1.54) is 0 Å². The minimum atomic E-state index is -0.847. The number of hydrogen-bond donors (Lipinski definition) is 3. The van der Waals surface area contributed by atoms with Crippen LogP contribution >= 0.6 is 0 Å². The average Bonchev–Trinajstić information content (AvgIpc) is 2.75. The lowest BCUT2D eigenvalue weighted by Gasteiger charge is -2.26. The molecule has 0 heterocycles. The lowest BCUT2D eigenvalue weighted by atomic mass is 9.79. The van der Waals surface area contributed by atoms with Crippen molar-refractivity contribution in [3.8, 4) is 0 Å². The highest BCUT2D eigenvalue weighted by atomic mass is 16.4. The molecule has 6 nitrogen and oxygen atoms in total. The Labute approximate surface area is 112 Å². The van der Waals surface area contributed by atoms with Crippen LogP contribution in [-0.4, -0.2) is 36.5 Å². The van der Waals surface area contributed by atoms with Gasteiger partial charge in [-0.3, -0.25) is 14.4 Å². The molecule has 0 radical (unpaired) electrons. The number of carboxylic acids is 1. The van der Waals surface area contributed by atoms with Crippen LogP contribution in [0.15, 0.2) is 0 Å². The Bertz CT molecular complexity index is 349. The van der Waals surface area contributed by atoms with Crippen molar-refractivity contribution >= 4 is 17.8 Å². The van der Waals surface area contributed by atoms with Gasteiger partial charge in [-0.05, 0) is 18.3 Å². The van der Waals surface area contributed by atoms with Crippen LogP contribution in [0.4, 0.5) is 0 Å². The Balaban J connectivity index is 2.39. The van der Waals surface area contributed by atoms with Crippen LogP contribution in [0.25, 0.3) is 0 Å². The molecule has 0 aromatic carbocycles. The van der Waals surface area contributed by atoms with E-state index in [0.29, 0.717) is 6.54 Å². The molecule has 1 aliphatic carbocycles. The Morgan fingerprint density at radius 3 is 2.26 bits per heavy atom. The summed E-state index contributed by atoms with van der Waals surface area (Å²) in [6.07, 6.45) is 4.10. The summed E-state index contributed by atoms with van der Waals surface area (Å²) in [5.41, 5.74) is -0.386. The summed E-state index contributed by atoms with van der Waals surface area (Å²) in [4.78, 5) is 33.7. The van der Waals surface area contributed by atoms with E-state index in [4.69, 9.17) is 5.11 Å². The largest absolute Gasteiger partial charge is 0.481 e. The molecule has 0 unspecified atom stereocenters. The van der Waals surface area contributed by atoms with E-state index < -0.39 is 5.97 Å². The molecule has 3 N–H and O–H groups in total. The molecule has 0 atom stereocenters. The number of carbonyl (C=O) groups is 3. The van der Waals surface area contributed by atoms with Crippen LogP contribution in [0.1, 0.15) is 44.9 Å². The molecule has 0 bridgehead atoms. The Morgan fingerprint density at radius 2 is 1.74 bits per heavy atom. The van der Waals surface area contributed by atoms with Gasteiger partial charge in [-0.2, -0.15) is 0 Å². The van der Waals surface area contributed by atoms with E-state index in [2.05, 4.69) is 10.6 Å². The van der Waals surface area contributed by atoms with Gasteiger partial charge < -0.3 is 15.7 Å². The smallest absolute Gasteiger partial charge is 0.303 e. The zero-order valence-electron chi connectivity index (χ0n) is 11.3. The standard InChI is InChI=1S/C13H22N2O4/c1-14-10(16)4-7-15-11(17)8-13(9-12(18)19)5-2-3-6-13/h2-9H2,1H3,(H,14,16)(H,15,17)(H,18,19). The van der Waals surface area contributed by atoms with Crippen molar-refractivity contribution < 1.29 is 19.5 Å². The molecular formula is C13H22N2O4. The number of carbonyl (C=O) groups excluding carboxylic acids is 2. The number of nitrogens with one attached hydrogen (secondary N) is 2. The number of amides is 2. The monoisotopic (exact) mass is 270 g/mol. The van der Waals surface area contributed by atoms with Crippen molar-refractivity contribution in [2.75, 3.05) is 13.6 Å². The third-order valence-corrected chi connectivity index (χ3v) is 3.68. The second-order valence-electron chi connectivity index (χ2n) is 5.23. The summed E-state index contributed by atoms with van der Waals surface area (Å²) in [6, 6.07) is 0. The van der Waals surface area contributed by atoms with Gasteiger partial charge in [0.1, 0.15) is 0 Å². The second-order valence-corrected chi connectivity index (χ2v) is 5.23. The van der Waals surface area contributed by atoms with Crippen molar-refractivity contribution in [1.29, 1.82) is 0 Å². The van der Waals surface area contributed by atoms with Crippen molar-refractivity contribution in [1.82, 2.24) is 10.6 Å². The molecule has 0 saturated heterocycles. The van der Waals surface area contributed by atoms with Gasteiger partial charge in [-0.15, -0.1) is 0 Å². The zero-order valence-corrected chi connectivity index (χ0v) is 11.3. The van der Waals surface area contributed by atoms with E-state index in [9.17, 15) is 14.4 Å². The van der Waals surface area contributed by atoms with Crippen molar-refractivity contribution in [3.05, 3.63) is 0 Å². The summed E-state index contributed by atoms with van der Waals surface area (Å²) in [7, 11) is 1.55. The molecule has 0 aliphatic heterocycles. The maximum absolute atomic E-state index is 11.8. The molecule has 108 valence electrons. The molecule has 19 heavy (non-hydrogen) atoms. The summed E-state index contributed by atoms with van der Waals surface area (Å²) in [5.74, 6) is -1.13. The number of hydrogen-bond acceptors (Lipinski definition) is 3. The van der Waals surface area contributed by atoms with E-state index in [1.54, 1.807) is 7.05 Å². The predicted octanol–water partition coefficient (Wildman–Crippen LogP) is 0.664. The van der Waals surface area contributed by atoms with Crippen molar-refractivity contribution in [2.45, 2.75) is 44.9 Å². The maximum atomic E-state index is 11.8. The predicted molar refractivity (Wildman–Crippen MR) is 69.5 cm³/mol. The van der Waals surface area contributed by atoms with Gasteiger partial charge in [-0.25, -0.2) is 0 Å². The fraction of sp³-hybridized carbons (Fsp3) is 0.769. The highest BCUT2D eigenvalue weighted by Crippen LogP contribution is 2.43. The van der Waals surface area contributed by atoms with Gasteiger partial charge in [0.25, 0.3) is 0 Å². The van der Waals surface area contributed by atoms with Gasteiger partial charge in [-0.1, -0.05) is 12.8 Å².